The first-order valence-corrected chi connectivity index (χ1v) is 7.18. The van der Waals surface area contributed by atoms with Gasteiger partial charge in [-0.1, -0.05) is 44.5 Å². The summed E-state index contributed by atoms with van der Waals surface area (Å²) in [5.74, 6) is 0.420. The van der Waals surface area contributed by atoms with Gasteiger partial charge >= 0.3 is 0 Å². The van der Waals surface area contributed by atoms with Gasteiger partial charge in [0.2, 0.25) is 0 Å². The minimum Gasteiger partial charge on any atom is -0.392 e. The van der Waals surface area contributed by atoms with Crippen LogP contribution in [0.1, 0.15) is 56.6 Å². The number of rotatable bonds is 8. The third-order valence-electron chi connectivity index (χ3n) is 3.59. The monoisotopic (exact) mass is 249 g/mol. The summed E-state index contributed by atoms with van der Waals surface area (Å²) in [6, 6.07) is 8.87. The van der Waals surface area contributed by atoms with E-state index in [1.54, 1.807) is 0 Å². The van der Waals surface area contributed by atoms with Crippen molar-refractivity contribution in [2.75, 3.05) is 6.54 Å². The van der Waals surface area contributed by atoms with E-state index in [4.69, 9.17) is 5.73 Å². The molecule has 0 aromatic heterocycles. The lowest BCUT2D eigenvalue weighted by Crippen LogP contribution is -2.22. The molecule has 0 amide bonds. The Morgan fingerprint density at radius 2 is 1.83 bits per heavy atom. The van der Waals surface area contributed by atoms with Gasteiger partial charge in [-0.3, -0.25) is 0 Å². The van der Waals surface area contributed by atoms with Crippen LogP contribution < -0.4 is 5.73 Å². The van der Waals surface area contributed by atoms with Crippen molar-refractivity contribution in [3.63, 3.8) is 0 Å². The highest BCUT2D eigenvalue weighted by atomic mass is 16.3. The largest absolute Gasteiger partial charge is 0.392 e. The lowest BCUT2D eigenvalue weighted by molar-refractivity contribution is 0.162. The zero-order valence-electron chi connectivity index (χ0n) is 11.7. The van der Waals surface area contributed by atoms with Crippen LogP contribution in [-0.4, -0.2) is 17.8 Å². The van der Waals surface area contributed by atoms with Crippen molar-refractivity contribution in [2.45, 2.75) is 58.0 Å². The van der Waals surface area contributed by atoms with Gasteiger partial charge in [-0.15, -0.1) is 0 Å². The van der Waals surface area contributed by atoms with Crippen LogP contribution in [0.5, 0.6) is 0 Å². The Hall–Kier alpha value is -0.860. The summed E-state index contributed by atoms with van der Waals surface area (Å²) in [4.78, 5) is 0. The number of nitrogens with two attached hydrogens (primary N) is 1. The smallest absolute Gasteiger partial charge is 0.0668 e. The topological polar surface area (TPSA) is 46.2 Å². The third-order valence-corrected chi connectivity index (χ3v) is 3.59. The summed E-state index contributed by atoms with van der Waals surface area (Å²) in [6.45, 7) is 4.74. The van der Waals surface area contributed by atoms with E-state index in [1.807, 2.05) is 0 Å². The van der Waals surface area contributed by atoms with E-state index in [0.717, 1.165) is 12.8 Å². The minimum absolute atomic E-state index is 0.352. The number of aliphatic hydroxyl groups excluding tert-OH is 1. The van der Waals surface area contributed by atoms with Gasteiger partial charge in [-0.2, -0.15) is 0 Å². The lowest BCUT2D eigenvalue weighted by atomic mass is 9.90. The summed E-state index contributed by atoms with van der Waals surface area (Å²) in [6.07, 6.45) is 5.09. The predicted octanol–water partition coefficient (Wildman–Crippen LogP) is 3.23. The van der Waals surface area contributed by atoms with Gasteiger partial charge in [0, 0.05) is 6.54 Å². The molecule has 0 radical (unpaired) electrons. The van der Waals surface area contributed by atoms with Gasteiger partial charge in [0.25, 0.3) is 0 Å². The Kier molecular flexibility index (Phi) is 6.99. The van der Waals surface area contributed by atoms with Crippen LogP contribution in [0.25, 0.3) is 0 Å². The predicted molar refractivity (Wildman–Crippen MR) is 77.8 cm³/mol. The highest BCUT2D eigenvalue weighted by molar-refractivity contribution is 5.25. The van der Waals surface area contributed by atoms with E-state index in [1.165, 1.54) is 30.4 Å². The van der Waals surface area contributed by atoms with E-state index in [9.17, 15) is 5.11 Å². The molecule has 0 heterocycles. The molecule has 2 unspecified atom stereocenters. The van der Waals surface area contributed by atoms with Crippen LogP contribution in [-0.2, 0) is 6.42 Å². The first-order valence-electron chi connectivity index (χ1n) is 7.18. The Balaban J connectivity index is 2.63. The zero-order chi connectivity index (χ0) is 13.4. The maximum Gasteiger partial charge on any atom is 0.0668 e. The van der Waals surface area contributed by atoms with Crippen LogP contribution in [0.3, 0.4) is 0 Å². The van der Waals surface area contributed by atoms with Crippen molar-refractivity contribution < 1.29 is 5.11 Å². The third kappa shape index (κ3) is 4.79. The number of aryl methyl sites for hydroxylation is 1. The molecule has 102 valence electrons. The van der Waals surface area contributed by atoms with Crippen molar-refractivity contribution in [3.8, 4) is 0 Å². The molecule has 0 saturated carbocycles. The van der Waals surface area contributed by atoms with Gasteiger partial charge in [0.05, 0.1) is 6.10 Å². The maximum atomic E-state index is 9.67. The Morgan fingerprint density at radius 3 is 2.33 bits per heavy atom. The molecule has 0 bridgehead atoms. The Bertz CT molecular complexity index is 320. The van der Waals surface area contributed by atoms with Gasteiger partial charge in [0.15, 0.2) is 0 Å². The first-order chi connectivity index (χ1) is 8.71. The summed E-state index contributed by atoms with van der Waals surface area (Å²) >= 11 is 0. The summed E-state index contributed by atoms with van der Waals surface area (Å²) in [5.41, 5.74) is 8.22. The number of benzene rings is 1. The van der Waals surface area contributed by atoms with Crippen LogP contribution >= 0.6 is 0 Å². The molecular weight excluding hydrogens is 222 g/mol. The van der Waals surface area contributed by atoms with Crippen LogP contribution in [0.15, 0.2) is 24.3 Å². The van der Waals surface area contributed by atoms with E-state index in [-0.39, 0.29) is 6.10 Å². The minimum atomic E-state index is -0.380. The van der Waals surface area contributed by atoms with Crippen molar-refractivity contribution in [2.24, 2.45) is 5.73 Å². The normalized spacial score (nSPS) is 14.4. The second-order valence-corrected chi connectivity index (χ2v) is 5.08. The molecule has 1 aromatic rings. The number of aliphatic hydroxyl groups is 1. The fraction of sp³-hybridized carbons (Fsp3) is 0.625. The molecule has 18 heavy (non-hydrogen) atoms. The van der Waals surface area contributed by atoms with Crippen LogP contribution in [0, 0.1) is 0 Å². The molecule has 2 atom stereocenters. The number of hydrogen-bond acceptors (Lipinski definition) is 2. The van der Waals surface area contributed by atoms with Gasteiger partial charge in [0.1, 0.15) is 0 Å². The second kappa shape index (κ2) is 8.28. The fourth-order valence-electron chi connectivity index (χ4n) is 2.30. The Morgan fingerprint density at radius 1 is 1.17 bits per heavy atom. The highest BCUT2D eigenvalue weighted by Crippen LogP contribution is 2.25. The summed E-state index contributed by atoms with van der Waals surface area (Å²) in [5, 5.41) is 9.67. The van der Waals surface area contributed by atoms with Crippen molar-refractivity contribution in [1.29, 1.82) is 0 Å². The van der Waals surface area contributed by atoms with Gasteiger partial charge in [-0.25, -0.2) is 0 Å². The molecule has 0 aliphatic heterocycles. The van der Waals surface area contributed by atoms with E-state index in [2.05, 4.69) is 38.1 Å². The molecule has 0 spiro atoms. The van der Waals surface area contributed by atoms with Gasteiger partial charge < -0.3 is 10.8 Å². The number of unbranched alkanes of at least 4 members (excludes halogenated alkanes) is 1. The van der Waals surface area contributed by atoms with Crippen molar-refractivity contribution in [1.82, 2.24) is 0 Å². The standard InChI is InChI=1S/C16H27NO/c1-3-5-6-13-7-9-15(10-8-13)14(4-2)11-16(18)12-17/h7-10,14,16,18H,3-6,11-12,17H2,1-2H3. The van der Waals surface area contributed by atoms with E-state index < -0.39 is 0 Å². The molecule has 2 nitrogen and oxygen atoms in total. The highest BCUT2D eigenvalue weighted by Gasteiger charge is 2.13. The zero-order valence-corrected chi connectivity index (χ0v) is 11.7. The Labute approximate surface area is 111 Å². The molecule has 1 rings (SSSR count). The number of hydrogen-bond donors (Lipinski definition) is 2. The van der Waals surface area contributed by atoms with Gasteiger partial charge in [-0.05, 0) is 42.7 Å². The molecule has 0 saturated heterocycles. The van der Waals surface area contributed by atoms with E-state index in [0.29, 0.717) is 12.5 Å². The first kappa shape index (κ1) is 15.2. The second-order valence-electron chi connectivity index (χ2n) is 5.08. The van der Waals surface area contributed by atoms with E-state index >= 15 is 0 Å². The van der Waals surface area contributed by atoms with Crippen molar-refractivity contribution in [3.05, 3.63) is 35.4 Å². The average Bonchev–Trinajstić information content (AvgIpc) is 2.42. The molecule has 1 aromatic carbocycles. The summed E-state index contributed by atoms with van der Waals surface area (Å²) in [7, 11) is 0. The van der Waals surface area contributed by atoms with Crippen LogP contribution in [0.4, 0.5) is 0 Å². The molecule has 0 aliphatic carbocycles. The quantitative estimate of drug-likeness (QED) is 0.743. The maximum absolute atomic E-state index is 9.67. The lowest BCUT2D eigenvalue weighted by Gasteiger charge is -2.18. The van der Waals surface area contributed by atoms with Crippen molar-refractivity contribution >= 4 is 0 Å². The average molecular weight is 249 g/mol. The molecular formula is C16H27NO. The molecule has 3 N–H and O–H groups in total. The summed E-state index contributed by atoms with van der Waals surface area (Å²) < 4.78 is 0. The fourth-order valence-corrected chi connectivity index (χ4v) is 2.30. The molecule has 0 fully saturated rings. The SMILES string of the molecule is CCCCc1ccc(C(CC)CC(O)CN)cc1. The molecule has 0 aliphatic rings. The molecule has 2 heteroatoms. The van der Waals surface area contributed by atoms with Crippen LogP contribution in [0.2, 0.25) is 0 Å².